The zero-order valence-electron chi connectivity index (χ0n) is 17.1. The minimum Gasteiger partial charge on any atom is -0.339 e. The van der Waals surface area contributed by atoms with Gasteiger partial charge in [0.05, 0.1) is 27.7 Å². The van der Waals surface area contributed by atoms with Gasteiger partial charge in [0.25, 0.3) is 0 Å². The Balaban J connectivity index is 1.55. The van der Waals surface area contributed by atoms with Crippen molar-refractivity contribution in [3.8, 4) is 6.07 Å². The molecule has 0 saturated carbocycles. The van der Waals surface area contributed by atoms with Gasteiger partial charge in [0.1, 0.15) is 6.07 Å². The van der Waals surface area contributed by atoms with E-state index in [0.29, 0.717) is 19.6 Å². The van der Waals surface area contributed by atoms with E-state index in [2.05, 4.69) is 11.9 Å². The summed E-state index contributed by atoms with van der Waals surface area (Å²) in [5.74, 6) is -0.0297. The quantitative estimate of drug-likeness (QED) is 0.639. The molecule has 1 amide bonds. The van der Waals surface area contributed by atoms with E-state index in [1.807, 2.05) is 23.4 Å². The molecule has 30 heavy (non-hydrogen) atoms. The van der Waals surface area contributed by atoms with Crippen LogP contribution in [0.25, 0.3) is 0 Å². The third-order valence-electron chi connectivity index (χ3n) is 4.96. The van der Waals surface area contributed by atoms with E-state index in [1.54, 1.807) is 28.4 Å². The first kappa shape index (κ1) is 22.4. The van der Waals surface area contributed by atoms with Crippen LogP contribution in [0.2, 0.25) is 0 Å². The highest BCUT2D eigenvalue weighted by Gasteiger charge is 2.31. The first-order chi connectivity index (χ1) is 14.3. The van der Waals surface area contributed by atoms with Crippen LogP contribution in [0.4, 0.5) is 0 Å². The summed E-state index contributed by atoms with van der Waals surface area (Å²) in [5.41, 5.74) is 1.09. The summed E-state index contributed by atoms with van der Waals surface area (Å²) in [5, 5.41) is 12.3. The molecule has 1 aliphatic heterocycles. The summed E-state index contributed by atoms with van der Waals surface area (Å²) in [6.45, 7) is 4.00. The van der Waals surface area contributed by atoms with Crippen molar-refractivity contribution in [1.29, 1.82) is 5.26 Å². The van der Waals surface area contributed by atoms with Gasteiger partial charge < -0.3 is 4.90 Å². The van der Waals surface area contributed by atoms with Gasteiger partial charge in [0, 0.05) is 38.1 Å². The van der Waals surface area contributed by atoms with Crippen LogP contribution in [0.1, 0.15) is 23.2 Å². The fourth-order valence-corrected chi connectivity index (χ4v) is 5.65. The molecule has 1 aromatic carbocycles. The Hall–Kier alpha value is -2.32. The molecule has 1 fully saturated rings. The fraction of sp³-hybridized carbons (Fsp3) is 0.450. The number of thiazole rings is 1. The zero-order valence-corrected chi connectivity index (χ0v) is 18.7. The summed E-state index contributed by atoms with van der Waals surface area (Å²) >= 11 is 1.63. The molecule has 3 rings (SSSR count). The van der Waals surface area contributed by atoms with E-state index in [1.165, 1.54) is 16.4 Å². The average Bonchev–Trinajstić information content (AvgIpc) is 3.21. The van der Waals surface area contributed by atoms with Crippen LogP contribution in [-0.2, 0) is 27.8 Å². The van der Waals surface area contributed by atoms with Gasteiger partial charge in [0.2, 0.25) is 15.9 Å². The highest BCUT2D eigenvalue weighted by molar-refractivity contribution is 7.89. The Morgan fingerprint density at radius 2 is 1.97 bits per heavy atom. The van der Waals surface area contributed by atoms with Crippen LogP contribution in [0.3, 0.4) is 0 Å². The molecule has 0 radical (unpaired) electrons. The number of likely N-dealkylation sites (N-methyl/N-ethyl adjacent to an activating group) is 1. The summed E-state index contributed by atoms with van der Waals surface area (Å²) in [6.07, 6.45) is 0.902. The Morgan fingerprint density at radius 1 is 1.27 bits per heavy atom. The van der Waals surface area contributed by atoms with Crippen molar-refractivity contribution in [3.05, 3.63) is 45.9 Å². The van der Waals surface area contributed by atoms with E-state index >= 15 is 0 Å². The molecule has 1 aliphatic rings. The number of piperazine rings is 1. The predicted molar refractivity (Wildman–Crippen MR) is 114 cm³/mol. The maximum absolute atomic E-state index is 12.9. The van der Waals surface area contributed by atoms with Gasteiger partial charge in [-0.1, -0.05) is 19.1 Å². The Bertz CT molecular complexity index is 1040. The number of aromatic nitrogens is 1. The van der Waals surface area contributed by atoms with Gasteiger partial charge in [-0.2, -0.15) is 9.57 Å². The van der Waals surface area contributed by atoms with E-state index in [-0.39, 0.29) is 36.0 Å². The lowest BCUT2D eigenvalue weighted by Gasteiger charge is -2.34. The van der Waals surface area contributed by atoms with Crippen molar-refractivity contribution in [3.63, 3.8) is 0 Å². The van der Waals surface area contributed by atoms with Crippen molar-refractivity contribution in [2.45, 2.75) is 24.8 Å². The number of benzene rings is 1. The van der Waals surface area contributed by atoms with Crippen LogP contribution in [0, 0.1) is 11.3 Å². The van der Waals surface area contributed by atoms with E-state index < -0.39 is 10.0 Å². The zero-order chi connectivity index (χ0) is 21.7. The second-order valence-corrected chi connectivity index (χ2v) is 10.0. The standard InChI is InChI=1S/C20H25N5O3S2/c1-3-19-22-17(15-29-19)13-23(2)14-20(26)24-8-10-25(11-9-24)30(27,28)18-7-5-4-6-16(18)12-21/h4-7,15H,3,8-11,13-14H2,1-2H3. The maximum atomic E-state index is 12.9. The Labute approximate surface area is 181 Å². The van der Waals surface area contributed by atoms with Gasteiger partial charge in [0.15, 0.2) is 0 Å². The minimum atomic E-state index is -3.76. The fourth-order valence-electron chi connectivity index (χ4n) is 3.35. The van der Waals surface area contributed by atoms with Crippen molar-refractivity contribution in [2.75, 3.05) is 39.8 Å². The van der Waals surface area contributed by atoms with Gasteiger partial charge in [-0.3, -0.25) is 9.69 Å². The number of carbonyl (C=O) groups excluding carboxylic acids is 1. The maximum Gasteiger partial charge on any atom is 0.244 e. The lowest BCUT2D eigenvalue weighted by molar-refractivity contribution is -0.133. The van der Waals surface area contributed by atoms with E-state index in [0.717, 1.165) is 17.1 Å². The summed E-state index contributed by atoms with van der Waals surface area (Å²) in [7, 11) is -1.89. The van der Waals surface area contributed by atoms with Crippen molar-refractivity contribution in [2.24, 2.45) is 0 Å². The van der Waals surface area contributed by atoms with Crippen LogP contribution >= 0.6 is 11.3 Å². The van der Waals surface area contributed by atoms with Crippen molar-refractivity contribution < 1.29 is 13.2 Å². The van der Waals surface area contributed by atoms with Crippen LogP contribution in [0.5, 0.6) is 0 Å². The topological polar surface area (TPSA) is 97.6 Å². The third-order valence-corrected chi connectivity index (χ3v) is 7.95. The molecule has 0 spiro atoms. The highest BCUT2D eigenvalue weighted by Crippen LogP contribution is 2.21. The largest absolute Gasteiger partial charge is 0.339 e. The van der Waals surface area contributed by atoms with Gasteiger partial charge in [-0.25, -0.2) is 13.4 Å². The number of hydrogen-bond donors (Lipinski definition) is 0. The molecule has 10 heteroatoms. The normalized spacial score (nSPS) is 15.3. The lowest BCUT2D eigenvalue weighted by atomic mass is 10.2. The second-order valence-electron chi connectivity index (χ2n) is 7.15. The van der Waals surface area contributed by atoms with Gasteiger partial charge in [-0.05, 0) is 25.6 Å². The summed E-state index contributed by atoms with van der Waals surface area (Å²) < 4.78 is 27.2. The molecule has 0 bridgehead atoms. The molecule has 0 unspecified atom stereocenters. The minimum absolute atomic E-state index is 0.0155. The molecular weight excluding hydrogens is 422 g/mol. The van der Waals surface area contributed by atoms with Crippen molar-refractivity contribution >= 4 is 27.3 Å². The number of nitrogens with zero attached hydrogens (tertiary/aromatic N) is 5. The lowest BCUT2D eigenvalue weighted by Crippen LogP contribution is -2.52. The van der Waals surface area contributed by atoms with E-state index in [9.17, 15) is 18.5 Å². The van der Waals surface area contributed by atoms with Gasteiger partial charge in [-0.15, -0.1) is 11.3 Å². The molecule has 0 N–H and O–H groups in total. The molecule has 160 valence electrons. The summed E-state index contributed by atoms with van der Waals surface area (Å²) in [6, 6.07) is 8.12. The van der Waals surface area contributed by atoms with Crippen LogP contribution in [0.15, 0.2) is 34.5 Å². The number of carbonyl (C=O) groups is 1. The molecule has 2 heterocycles. The molecule has 1 aromatic heterocycles. The molecule has 8 nitrogen and oxygen atoms in total. The first-order valence-electron chi connectivity index (χ1n) is 9.74. The average molecular weight is 448 g/mol. The molecule has 0 atom stereocenters. The Kier molecular flexibility index (Phi) is 7.20. The molecule has 1 saturated heterocycles. The summed E-state index contributed by atoms with van der Waals surface area (Å²) in [4.78, 5) is 20.8. The number of sulfonamides is 1. The molecular formula is C20H25N5O3S2. The number of aryl methyl sites for hydroxylation is 1. The molecule has 0 aliphatic carbocycles. The Morgan fingerprint density at radius 3 is 2.60 bits per heavy atom. The second kappa shape index (κ2) is 9.66. The van der Waals surface area contributed by atoms with Crippen LogP contribution < -0.4 is 0 Å². The highest BCUT2D eigenvalue weighted by atomic mass is 32.2. The predicted octanol–water partition coefficient (Wildman–Crippen LogP) is 1.54. The van der Waals surface area contributed by atoms with Crippen molar-refractivity contribution in [1.82, 2.24) is 19.1 Å². The first-order valence-corrected chi connectivity index (χ1v) is 12.1. The monoisotopic (exact) mass is 447 g/mol. The van der Waals surface area contributed by atoms with E-state index in [4.69, 9.17) is 0 Å². The van der Waals surface area contributed by atoms with Gasteiger partial charge >= 0.3 is 0 Å². The number of hydrogen-bond acceptors (Lipinski definition) is 7. The third kappa shape index (κ3) is 5.05. The number of nitriles is 1. The number of amides is 1. The molecule has 2 aromatic rings. The SMILES string of the molecule is CCc1nc(CN(C)CC(=O)N2CCN(S(=O)(=O)c3ccccc3C#N)CC2)cs1. The smallest absolute Gasteiger partial charge is 0.244 e. The van der Waals surface area contributed by atoms with Crippen LogP contribution in [-0.4, -0.2) is 73.2 Å². The number of rotatable bonds is 7.